The number of aliphatic carboxylic acids is 1. The molecule has 2 N–H and O–H groups in total. The Morgan fingerprint density at radius 2 is 1.23 bits per heavy atom. The first kappa shape index (κ1) is 19.6. The Morgan fingerprint density at radius 3 is 1.45 bits per heavy atom. The molecule has 5 nitrogen and oxygen atoms in total. The van der Waals surface area contributed by atoms with Gasteiger partial charge in [0.1, 0.15) is 11.5 Å². The molecule has 120 valence electrons. The summed E-state index contributed by atoms with van der Waals surface area (Å²) in [4.78, 5) is 9.26. The van der Waals surface area contributed by atoms with Crippen LogP contribution in [0.4, 0.5) is 0 Å². The number of hydrogen-bond acceptors (Lipinski definition) is 5. The standard InChI is InChI=1S/C12H10O.C3H6O2.C2H6O2/c1-3-7-11(8-4-1)13-12-9-5-2-6-10-12;1-2-3(4)5;3-1-2-4/h1-10H;2H2,1H3,(H,4,5);3-4H,1-2H2/p-1. The number of carbonyl (C=O) groups is 1. The lowest BCUT2D eigenvalue weighted by Crippen LogP contribution is -2.19. The van der Waals surface area contributed by atoms with Gasteiger partial charge < -0.3 is 24.9 Å². The van der Waals surface area contributed by atoms with Crippen molar-refractivity contribution in [3.63, 3.8) is 0 Å². The van der Waals surface area contributed by atoms with Crippen molar-refractivity contribution in [3.8, 4) is 11.5 Å². The number of carboxylic acid groups (broad SMARTS) is 1. The molecule has 2 rings (SSSR count). The van der Waals surface area contributed by atoms with Crippen LogP contribution in [-0.4, -0.2) is 29.4 Å². The number of rotatable bonds is 4. The highest BCUT2D eigenvalue weighted by molar-refractivity contribution is 5.63. The van der Waals surface area contributed by atoms with Gasteiger partial charge >= 0.3 is 0 Å². The van der Waals surface area contributed by atoms with Crippen LogP contribution in [0.2, 0.25) is 0 Å². The highest BCUT2D eigenvalue weighted by Crippen LogP contribution is 2.19. The van der Waals surface area contributed by atoms with E-state index in [0.29, 0.717) is 0 Å². The van der Waals surface area contributed by atoms with Crippen LogP contribution >= 0.6 is 0 Å². The van der Waals surface area contributed by atoms with Crippen molar-refractivity contribution >= 4 is 5.97 Å². The van der Waals surface area contributed by atoms with Crippen LogP contribution in [0.25, 0.3) is 0 Å². The van der Waals surface area contributed by atoms with Crippen molar-refractivity contribution < 1.29 is 24.9 Å². The molecule has 22 heavy (non-hydrogen) atoms. The minimum Gasteiger partial charge on any atom is -0.550 e. The summed E-state index contributed by atoms with van der Waals surface area (Å²) in [5, 5.41) is 24.5. The highest BCUT2D eigenvalue weighted by Gasteiger charge is 1.92. The summed E-state index contributed by atoms with van der Waals surface area (Å²) in [6, 6.07) is 19.5. The molecule has 0 saturated heterocycles. The molecule has 0 radical (unpaired) electrons. The maximum absolute atomic E-state index is 9.26. The maximum Gasteiger partial charge on any atom is 0.127 e. The molecule has 0 aliphatic carbocycles. The first-order valence-corrected chi connectivity index (χ1v) is 6.83. The Morgan fingerprint density at radius 1 is 0.909 bits per heavy atom. The molecule has 2 aromatic rings. The SMILES string of the molecule is CCC(=O)[O-].OCCO.c1ccc(Oc2ccccc2)cc1. The number of benzene rings is 2. The molecule has 0 bridgehead atoms. The summed E-state index contributed by atoms with van der Waals surface area (Å²) in [5.41, 5.74) is 0. The molecule has 0 amide bonds. The number of aliphatic hydroxyl groups is 2. The fourth-order valence-electron chi connectivity index (χ4n) is 1.11. The van der Waals surface area contributed by atoms with E-state index in [2.05, 4.69) is 0 Å². The Hall–Kier alpha value is -2.37. The highest BCUT2D eigenvalue weighted by atomic mass is 16.5. The van der Waals surface area contributed by atoms with Gasteiger partial charge in [-0.2, -0.15) is 0 Å². The van der Waals surface area contributed by atoms with Gasteiger partial charge in [0.2, 0.25) is 0 Å². The minimum atomic E-state index is -0.995. The number of ether oxygens (including phenoxy) is 1. The van der Waals surface area contributed by atoms with E-state index in [0.717, 1.165) is 11.5 Å². The van der Waals surface area contributed by atoms with Crippen LogP contribution in [0, 0.1) is 0 Å². The molecule has 0 heterocycles. The Labute approximate surface area is 130 Å². The molecule has 0 spiro atoms. The van der Waals surface area contributed by atoms with Crippen LogP contribution in [0.5, 0.6) is 11.5 Å². The first-order valence-electron chi connectivity index (χ1n) is 6.83. The van der Waals surface area contributed by atoms with Crippen molar-refractivity contribution in [2.45, 2.75) is 13.3 Å². The molecule has 0 aliphatic rings. The molecule has 2 aromatic carbocycles. The molecule has 5 heteroatoms. The Balaban J connectivity index is 0.000000411. The van der Waals surface area contributed by atoms with Gasteiger partial charge in [0, 0.05) is 5.97 Å². The third-order valence-electron chi connectivity index (χ3n) is 2.11. The lowest BCUT2D eigenvalue weighted by molar-refractivity contribution is -0.305. The molecule has 0 aliphatic heterocycles. The Kier molecular flexibility index (Phi) is 12.1. The van der Waals surface area contributed by atoms with E-state index in [9.17, 15) is 9.90 Å². The fraction of sp³-hybridized carbons (Fsp3) is 0.235. The van der Waals surface area contributed by atoms with Gasteiger partial charge in [-0.25, -0.2) is 0 Å². The number of carboxylic acids is 1. The molecular weight excluding hydrogens is 284 g/mol. The molecule has 0 saturated carbocycles. The lowest BCUT2D eigenvalue weighted by Gasteiger charge is -2.03. The van der Waals surface area contributed by atoms with E-state index in [-0.39, 0.29) is 19.6 Å². The van der Waals surface area contributed by atoms with E-state index >= 15 is 0 Å². The molecule has 0 fully saturated rings. The zero-order valence-corrected chi connectivity index (χ0v) is 12.5. The van der Waals surface area contributed by atoms with Gasteiger partial charge in [-0.3, -0.25) is 0 Å². The van der Waals surface area contributed by atoms with Gasteiger partial charge in [-0.15, -0.1) is 0 Å². The minimum absolute atomic E-state index is 0.111. The summed E-state index contributed by atoms with van der Waals surface area (Å²) >= 11 is 0. The first-order chi connectivity index (χ1) is 10.6. The topological polar surface area (TPSA) is 89.8 Å². The molecule has 0 unspecified atom stereocenters. The van der Waals surface area contributed by atoms with Crippen LogP contribution in [0.15, 0.2) is 60.7 Å². The van der Waals surface area contributed by atoms with E-state index in [4.69, 9.17) is 14.9 Å². The normalized spacial score (nSPS) is 8.68. The quantitative estimate of drug-likeness (QED) is 0.895. The third kappa shape index (κ3) is 11.5. The van der Waals surface area contributed by atoms with Gasteiger partial charge in [0.05, 0.1) is 13.2 Å². The van der Waals surface area contributed by atoms with Crippen molar-refractivity contribution in [1.82, 2.24) is 0 Å². The van der Waals surface area contributed by atoms with E-state index in [1.165, 1.54) is 6.92 Å². The number of para-hydroxylation sites is 2. The third-order valence-corrected chi connectivity index (χ3v) is 2.11. The second-order valence-electron chi connectivity index (χ2n) is 3.90. The van der Waals surface area contributed by atoms with Crippen LogP contribution in [-0.2, 0) is 4.79 Å². The molecular formula is C17H21O5-. The second kappa shape index (κ2) is 13.6. The van der Waals surface area contributed by atoms with Gasteiger partial charge in [0.15, 0.2) is 0 Å². The summed E-state index contributed by atoms with van der Waals surface area (Å²) in [6.45, 7) is 1.29. The largest absolute Gasteiger partial charge is 0.550 e. The predicted molar refractivity (Wildman–Crippen MR) is 82.4 cm³/mol. The van der Waals surface area contributed by atoms with Crippen molar-refractivity contribution in [3.05, 3.63) is 60.7 Å². The number of hydrogen-bond donors (Lipinski definition) is 2. The van der Waals surface area contributed by atoms with Crippen molar-refractivity contribution in [1.29, 1.82) is 0 Å². The van der Waals surface area contributed by atoms with Crippen LogP contribution < -0.4 is 9.84 Å². The predicted octanol–water partition coefficient (Wildman–Crippen LogP) is 1.60. The zero-order chi connectivity index (χ0) is 16.6. The summed E-state index contributed by atoms with van der Waals surface area (Å²) < 4.78 is 5.58. The summed E-state index contributed by atoms with van der Waals surface area (Å²) in [6.07, 6.45) is 0.111. The van der Waals surface area contributed by atoms with Crippen molar-refractivity contribution in [2.24, 2.45) is 0 Å². The van der Waals surface area contributed by atoms with E-state index < -0.39 is 5.97 Å². The van der Waals surface area contributed by atoms with E-state index in [1.807, 2.05) is 60.7 Å². The van der Waals surface area contributed by atoms with Crippen LogP contribution in [0.1, 0.15) is 13.3 Å². The molecule has 0 atom stereocenters. The lowest BCUT2D eigenvalue weighted by atomic mass is 10.3. The van der Waals surface area contributed by atoms with Crippen LogP contribution in [0.3, 0.4) is 0 Å². The monoisotopic (exact) mass is 305 g/mol. The van der Waals surface area contributed by atoms with Gasteiger partial charge in [-0.1, -0.05) is 43.3 Å². The Bertz CT molecular complexity index is 445. The summed E-state index contributed by atoms with van der Waals surface area (Å²) in [5.74, 6) is 0.743. The van der Waals surface area contributed by atoms with Gasteiger partial charge in [-0.05, 0) is 30.7 Å². The second-order valence-corrected chi connectivity index (χ2v) is 3.90. The smallest absolute Gasteiger partial charge is 0.127 e. The number of aliphatic hydroxyl groups excluding tert-OH is 2. The fourth-order valence-corrected chi connectivity index (χ4v) is 1.11. The maximum atomic E-state index is 9.26. The average molecular weight is 305 g/mol. The zero-order valence-electron chi connectivity index (χ0n) is 12.5. The molecule has 0 aromatic heterocycles. The summed E-state index contributed by atoms with van der Waals surface area (Å²) in [7, 11) is 0. The van der Waals surface area contributed by atoms with Crippen molar-refractivity contribution in [2.75, 3.05) is 13.2 Å². The average Bonchev–Trinajstić information content (AvgIpc) is 2.57. The number of carbonyl (C=O) groups excluding carboxylic acids is 1. The van der Waals surface area contributed by atoms with E-state index in [1.54, 1.807) is 0 Å². The van der Waals surface area contributed by atoms with Gasteiger partial charge in [0.25, 0.3) is 0 Å².